The van der Waals surface area contributed by atoms with Crippen LogP contribution in [0.15, 0.2) is 24.3 Å². The molecule has 0 fully saturated rings. The second kappa shape index (κ2) is 4.61. The van der Waals surface area contributed by atoms with Crippen LogP contribution in [0.25, 0.3) is 11.3 Å². The Morgan fingerprint density at radius 2 is 2.04 bits per heavy atom. The van der Waals surface area contributed by atoms with Crippen molar-refractivity contribution in [2.45, 2.75) is 33.0 Å². The topological polar surface area (TPSA) is 59.4 Å². The quantitative estimate of drug-likeness (QED) is 0.809. The van der Waals surface area contributed by atoms with Gasteiger partial charge in [0, 0.05) is 23.1 Å². The molecule has 4 nitrogen and oxygen atoms in total. The average Bonchev–Trinajstić information content (AvgIpc) is 2.46. The highest BCUT2D eigenvalue weighted by molar-refractivity contribution is 5.99. The number of aliphatic hydroxyl groups excluding tert-OH is 1. The minimum atomic E-state index is -1.21. The smallest absolute Gasteiger partial charge is 0.226 e. The Balaban J connectivity index is 1.96. The number of fused-ring (bicyclic) bond motifs is 4. The van der Waals surface area contributed by atoms with Crippen LogP contribution in [0.3, 0.4) is 0 Å². The van der Waals surface area contributed by atoms with Crippen molar-refractivity contribution in [1.82, 2.24) is 4.98 Å². The van der Waals surface area contributed by atoms with Gasteiger partial charge in [-0.2, -0.15) is 0 Å². The summed E-state index contributed by atoms with van der Waals surface area (Å²) in [6.07, 6.45) is -0.0884. The number of benzene rings is 1. The molecule has 1 aromatic heterocycles. The Morgan fingerprint density at radius 1 is 1.26 bits per heavy atom. The van der Waals surface area contributed by atoms with Crippen LogP contribution in [0.4, 0.5) is 4.39 Å². The minimum absolute atomic E-state index is 0.0174. The van der Waals surface area contributed by atoms with E-state index in [4.69, 9.17) is 4.74 Å². The summed E-state index contributed by atoms with van der Waals surface area (Å²) in [5.74, 6) is 0.00894. The van der Waals surface area contributed by atoms with Crippen LogP contribution in [-0.4, -0.2) is 15.9 Å². The number of ketones is 1. The van der Waals surface area contributed by atoms with Gasteiger partial charge in [-0.1, -0.05) is 13.8 Å². The van der Waals surface area contributed by atoms with E-state index in [2.05, 4.69) is 4.98 Å². The summed E-state index contributed by atoms with van der Waals surface area (Å²) < 4.78 is 19.0. The molecule has 0 unspecified atom stereocenters. The molecule has 23 heavy (non-hydrogen) atoms. The molecule has 1 N–H and O–H groups in total. The number of carbonyl (C=O) groups is 1. The predicted octanol–water partition coefficient (Wildman–Crippen LogP) is 3.43. The van der Waals surface area contributed by atoms with E-state index in [1.807, 2.05) is 13.8 Å². The highest BCUT2D eigenvalue weighted by atomic mass is 19.1. The number of hydrogen-bond acceptors (Lipinski definition) is 4. The van der Waals surface area contributed by atoms with Gasteiger partial charge >= 0.3 is 0 Å². The molecule has 118 valence electrons. The van der Waals surface area contributed by atoms with Crippen LogP contribution in [-0.2, 0) is 6.42 Å². The number of rotatable bonds is 0. The Labute approximate surface area is 132 Å². The van der Waals surface area contributed by atoms with Gasteiger partial charge in [0.1, 0.15) is 11.6 Å². The molecule has 0 bridgehead atoms. The Bertz CT molecular complexity index is 844. The van der Waals surface area contributed by atoms with Crippen LogP contribution >= 0.6 is 0 Å². The zero-order chi connectivity index (χ0) is 16.4. The van der Waals surface area contributed by atoms with Gasteiger partial charge in [0.25, 0.3) is 0 Å². The van der Waals surface area contributed by atoms with Crippen molar-refractivity contribution >= 4 is 5.78 Å². The SMILES string of the molecule is CC1(C)CC(=O)c2cc3c(nc2C1)-c1cc(F)ccc1O[C@H]3O. The number of aliphatic hydroxyl groups is 1. The third-order valence-electron chi connectivity index (χ3n) is 4.42. The second-order valence-corrected chi connectivity index (χ2v) is 6.97. The zero-order valence-electron chi connectivity index (χ0n) is 12.9. The molecule has 0 amide bonds. The summed E-state index contributed by atoms with van der Waals surface area (Å²) in [4.78, 5) is 17.0. The number of aromatic nitrogens is 1. The van der Waals surface area contributed by atoms with E-state index in [1.54, 1.807) is 6.07 Å². The number of halogens is 1. The van der Waals surface area contributed by atoms with Crippen molar-refractivity contribution in [1.29, 1.82) is 0 Å². The molecule has 0 spiro atoms. The van der Waals surface area contributed by atoms with Gasteiger partial charge in [-0.05, 0) is 36.1 Å². The normalized spacial score (nSPS) is 21.0. The first-order valence-corrected chi connectivity index (χ1v) is 7.56. The number of ether oxygens (including phenoxy) is 1. The molecule has 2 heterocycles. The van der Waals surface area contributed by atoms with Crippen molar-refractivity contribution < 1.29 is 19.0 Å². The Hall–Kier alpha value is -2.27. The summed E-state index contributed by atoms with van der Waals surface area (Å²) in [7, 11) is 0. The van der Waals surface area contributed by atoms with Crippen molar-refractivity contribution in [3.05, 3.63) is 46.9 Å². The van der Waals surface area contributed by atoms with E-state index in [9.17, 15) is 14.3 Å². The average molecular weight is 313 g/mol. The van der Waals surface area contributed by atoms with Gasteiger partial charge < -0.3 is 9.84 Å². The fourth-order valence-corrected chi connectivity index (χ4v) is 3.37. The first kappa shape index (κ1) is 14.3. The molecular weight excluding hydrogens is 297 g/mol. The highest BCUT2D eigenvalue weighted by Gasteiger charge is 2.35. The maximum atomic E-state index is 13.6. The van der Waals surface area contributed by atoms with Gasteiger partial charge in [0.2, 0.25) is 6.29 Å². The molecule has 0 saturated heterocycles. The molecule has 0 saturated carbocycles. The van der Waals surface area contributed by atoms with E-state index in [0.717, 1.165) is 0 Å². The van der Waals surface area contributed by atoms with Crippen molar-refractivity contribution in [3.63, 3.8) is 0 Å². The third kappa shape index (κ3) is 2.23. The van der Waals surface area contributed by atoms with Gasteiger partial charge in [-0.3, -0.25) is 9.78 Å². The van der Waals surface area contributed by atoms with Gasteiger partial charge in [-0.15, -0.1) is 0 Å². The Morgan fingerprint density at radius 3 is 2.83 bits per heavy atom. The number of nitrogens with zero attached hydrogens (tertiary/aromatic N) is 1. The fourth-order valence-electron chi connectivity index (χ4n) is 3.37. The molecule has 5 heteroatoms. The number of Topliss-reactive ketones (excluding diaryl/α,β-unsaturated/α-hetero) is 1. The van der Waals surface area contributed by atoms with E-state index in [0.29, 0.717) is 46.7 Å². The molecule has 4 rings (SSSR count). The number of pyridine rings is 1. The lowest BCUT2D eigenvalue weighted by Gasteiger charge is -2.32. The zero-order valence-corrected chi connectivity index (χ0v) is 12.9. The monoisotopic (exact) mass is 313 g/mol. The van der Waals surface area contributed by atoms with Crippen LogP contribution < -0.4 is 4.74 Å². The number of hydrogen-bond donors (Lipinski definition) is 1. The van der Waals surface area contributed by atoms with Crippen LogP contribution in [0.5, 0.6) is 5.75 Å². The molecule has 1 aliphatic carbocycles. The predicted molar refractivity (Wildman–Crippen MR) is 81.7 cm³/mol. The van der Waals surface area contributed by atoms with Crippen molar-refractivity contribution in [3.8, 4) is 17.0 Å². The molecule has 1 atom stereocenters. The maximum absolute atomic E-state index is 13.6. The van der Waals surface area contributed by atoms with E-state index in [1.165, 1.54) is 18.2 Å². The van der Waals surface area contributed by atoms with Gasteiger partial charge in [-0.25, -0.2) is 4.39 Å². The molecule has 2 aliphatic rings. The highest BCUT2D eigenvalue weighted by Crippen LogP contribution is 2.43. The third-order valence-corrected chi connectivity index (χ3v) is 4.42. The lowest BCUT2D eigenvalue weighted by molar-refractivity contribution is -0.0217. The first-order valence-electron chi connectivity index (χ1n) is 7.56. The standard InChI is InChI=1S/C18H16FNO3/c1-18(2)7-13-10(14(21)8-18)6-12-16(20-13)11-5-9(19)3-4-15(11)23-17(12)22/h3-6,17,22H,7-8H2,1-2H3/t17-/m1/s1. The van der Waals surface area contributed by atoms with E-state index in [-0.39, 0.29) is 11.2 Å². The first-order chi connectivity index (χ1) is 10.8. The fraction of sp³-hybridized carbons (Fsp3) is 0.333. The summed E-state index contributed by atoms with van der Waals surface area (Å²) >= 11 is 0. The van der Waals surface area contributed by atoms with Crippen molar-refractivity contribution in [2.75, 3.05) is 0 Å². The maximum Gasteiger partial charge on any atom is 0.226 e. The Kier molecular flexibility index (Phi) is 2.87. The molecule has 1 aromatic carbocycles. The molecule has 0 radical (unpaired) electrons. The number of carbonyl (C=O) groups excluding carboxylic acids is 1. The second-order valence-electron chi connectivity index (χ2n) is 6.97. The van der Waals surface area contributed by atoms with Crippen LogP contribution in [0.1, 0.15) is 48.2 Å². The molecule has 2 aromatic rings. The lowest BCUT2D eigenvalue weighted by atomic mass is 9.75. The van der Waals surface area contributed by atoms with Crippen molar-refractivity contribution in [2.24, 2.45) is 5.41 Å². The largest absolute Gasteiger partial charge is 0.460 e. The van der Waals surface area contributed by atoms with Gasteiger partial charge in [0.15, 0.2) is 5.78 Å². The summed E-state index contributed by atoms with van der Waals surface area (Å²) in [6.45, 7) is 4.06. The summed E-state index contributed by atoms with van der Waals surface area (Å²) in [5, 5.41) is 10.2. The lowest BCUT2D eigenvalue weighted by Crippen LogP contribution is -2.29. The molecule has 1 aliphatic heterocycles. The van der Waals surface area contributed by atoms with E-state index < -0.39 is 12.1 Å². The molecular formula is C18H16FNO3. The van der Waals surface area contributed by atoms with E-state index >= 15 is 0 Å². The van der Waals surface area contributed by atoms with Crippen LogP contribution in [0, 0.1) is 11.2 Å². The summed E-state index contributed by atoms with van der Waals surface area (Å²) in [6, 6.07) is 5.75. The van der Waals surface area contributed by atoms with Crippen LogP contribution in [0.2, 0.25) is 0 Å². The minimum Gasteiger partial charge on any atom is -0.460 e. The van der Waals surface area contributed by atoms with Gasteiger partial charge in [0.05, 0.1) is 11.4 Å². The summed E-state index contributed by atoms with van der Waals surface area (Å²) in [5.41, 5.74) is 2.49.